The molecule has 2 aromatic heterocycles. The van der Waals surface area contributed by atoms with Crippen molar-refractivity contribution in [2.75, 3.05) is 10.0 Å². The highest BCUT2D eigenvalue weighted by Crippen LogP contribution is 2.32. The number of aromatic nitrogens is 1. The quantitative estimate of drug-likeness (QED) is 0.500. The lowest BCUT2D eigenvalue weighted by molar-refractivity contribution is -0.117. The Morgan fingerprint density at radius 2 is 1.94 bits per heavy atom. The van der Waals surface area contributed by atoms with Crippen molar-refractivity contribution in [3.8, 4) is 0 Å². The van der Waals surface area contributed by atoms with Gasteiger partial charge in [0.1, 0.15) is 15.6 Å². The number of amides is 1. The van der Waals surface area contributed by atoms with E-state index in [0.717, 1.165) is 41.0 Å². The predicted octanol–water partition coefficient (Wildman–Crippen LogP) is 4.93. The molecule has 9 heteroatoms. The van der Waals surface area contributed by atoms with E-state index in [4.69, 9.17) is 4.52 Å². The van der Waals surface area contributed by atoms with Crippen molar-refractivity contribution in [2.45, 2.75) is 37.3 Å². The Bertz CT molecular complexity index is 1220. The topological polar surface area (TPSA) is 101 Å². The smallest absolute Gasteiger partial charge is 0.271 e. The average Bonchev–Trinajstić information content (AvgIpc) is 3.40. The molecule has 162 valence electrons. The second-order valence-corrected chi connectivity index (χ2v) is 10.4. The Hall–Kier alpha value is -2.91. The standard InChI is InChI=1S/C22H23N3O4S2/c1-3-15-4-8-17(9-5-15)25-31(27,28)20-13-11-18(30-20)10-12-19-21(14(2)24-29-19)23-22(26)16-6-7-16/h4-5,8-13,16,25H,3,6-7H2,1-2H3,(H,23,26). The molecule has 0 bridgehead atoms. The molecule has 2 heterocycles. The Balaban J connectivity index is 1.47. The Morgan fingerprint density at radius 3 is 2.61 bits per heavy atom. The molecule has 0 saturated heterocycles. The van der Waals surface area contributed by atoms with Crippen LogP contribution in [0.15, 0.2) is 45.1 Å². The van der Waals surface area contributed by atoms with E-state index < -0.39 is 10.0 Å². The maximum atomic E-state index is 12.7. The number of benzene rings is 1. The average molecular weight is 458 g/mol. The van der Waals surface area contributed by atoms with Crippen LogP contribution in [0.1, 0.15) is 41.7 Å². The van der Waals surface area contributed by atoms with Crippen LogP contribution in [-0.4, -0.2) is 19.5 Å². The van der Waals surface area contributed by atoms with Crippen LogP contribution in [0.3, 0.4) is 0 Å². The first-order chi connectivity index (χ1) is 14.9. The van der Waals surface area contributed by atoms with E-state index in [-0.39, 0.29) is 16.0 Å². The molecular formula is C22H23N3O4S2. The van der Waals surface area contributed by atoms with Crippen LogP contribution < -0.4 is 10.0 Å². The number of nitrogens with zero attached hydrogens (tertiary/aromatic N) is 1. The lowest BCUT2D eigenvalue weighted by atomic mass is 10.2. The summed E-state index contributed by atoms with van der Waals surface area (Å²) in [6.45, 7) is 3.81. The number of thiophene rings is 1. The van der Waals surface area contributed by atoms with Gasteiger partial charge in [0.15, 0.2) is 5.76 Å². The van der Waals surface area contributed by atoms with Gasteiger partial charge in [-0.1, -0.05) is 24.2 Å². The summed E-state index contributed by atoms with van der Waals surface area (Å²) in [6, 6.07) is 10.6. The summed E-state index contributed by atoms with van der Waals surface area (Å²) >= 11 is 1.14. The summed E-state index contributed by atoms with van der Waals surface area (Å²) in [5.41, 5.74) is 2.81. The summed E-state index contributed by atoms with van der Waals surface area (Å²) in [5, 5.41) is 6.79. The van der Waals surface area contributed by atoms with Crippen molar-refractivity contribution in [3.63, 3.8) is 0 Å². The first kappa shape index (κ1) is 21.3. The first-order valence-electron chi connectivity index (χ1n) is 10.0. The molecule has 1 aliphatic carbocycles. The second kappa shape index (κ2) is 8.68. The normalized spacial score (nSPS) is 14.1. The molecule has 0 aliphatic heterocycles. The second-order valence-electron chi connectivity index (χ2n) is 7.42. The molecule has 0 spiro atoms. The lowest BCUT2D eigenvalue weighted by Crippen LogP contribution is -2.14. The van der Waals surface area contributed by atoms with Crippen LogP contribution >= 0.6 is 11.3 Å². The first-order valence-corrected chi connectivity index (χ1v) is 12.3. The molecule has 0 atom stereocenters. The summed E-state index contributed by atoms with van der Waals surface area (Å²) < 4.78 is 33.5. The predicted molar refractivity (Wildman–Crippen MR) is 122 cm³/mol. The summed E-state index contributed by atoms with van der Waals surface area (Å²) in [6.07, 6.45) is 6.13. The minimum Gasteiger partial charge on any atom is -0.354 e. The van der Waals surface area contributed by atoms with Crippen LogP contribution in [0, 0.1) is 12.8 Å². The van der Waals surface area contributed by atoms with Crippen molar-refractivity contribution in [1.82, 2.24) is 5.16 Å². The molecule has 1 amide bonds. The van der Waals surface area contributed by atoms with Crippen LogP contribution in [0.4, 0.5) is 11.4 Å². The largest absolute Gasteiger partial charge is 0.354 e. The molecular weight excluding hydrogens is 434 g/mol. The minimum absolute atomic E-state index is 0.0245. The zero-order chi connectivity index (χ0) is 22.0. The van der Waals surface area contributed by atoms with Crippen LogP contribution in [-0.2, 0) is 21.2 Å². The molecule has 3 aromatic rings. The highest BCUT2D eigenvalue weighted by molar-refractivity contribution is 7.94. The monoisotopic (exact) mass is 457 g/mol. The SMILES string of the molecule is CCc1ccc(NS(=O)(=O)c2ccc(C=Cc3onc(C)c3NC(=O)C3CC3)s2)cc1. The van der Waals surface area contributed by atoms with Gasteiger partial charge in [0.25, 0.3) is 10.0 Å². The van der Waals surface area contributed by atoms with Gasteiger partial charge in [-0.2, -0.15) is 0 Å². The molecule has 31 heavy (non-hydrogen) atoms. The third kappa shape index (κ3) is 5.05. The number of nitrogens with one attached hydrogen (secondary N) is 2. The summed E-state index contributed by atoms with van der Waals surface area (Å²) in [4.78, 5) is 12.8. The van der Waals surface area contributed by atoms with Crippen molar-refractivity contribution < 1.29 is 17.7 Å². The number of aryl methyl sites for hydroxylation is 2. The molecule has 1 aliphatic rings. The fourth-order valence-corrected chi connectivity index (χ4v) is 5.25. The van der Waals surface area contributed by atoms with Gasteiger partial charge in [0.05, 0.1) is 0 Å². The molecule has 7 nitrogen and oxygen atoms in total. The zero-order valence-electron chi connectivity index (χ0n) is 17.2. The van der Waals surface area contributed by atoms with Gasteiger partial charge in [-0.25, -0.2) is 8.42 Å². The van der Waals surface area contributed by atoms with Gasteiger partial charge in [-0.3, -0.25) is 9.52 Å². The number of hydrogen-bond acceptors (Lipinski definition) is 6. The number of hydrogen-bond donors (Lipinski definition) is 2. The third-order valence-corrected chi connectivity index (χ3v) is 7.89. The van der Waals surface area contributed by atoms with Crippen LogP contribution in [0.25, 0.3) is 12.2 Å². The van der Waals surface area contributed by atoms with E-state index in [1.54, 1.807) is 43.3 Å². The molecule has 1 fully saturated rings. The van der Waals surface area contributed by atoms with E-state index in [1.807, 2.05) is 19.1 Å². The highest BCUT2D eigenvalue weighted by Gasteiger charge is 2.30. The van der Waals surface area contributed by atoms with Crippen LogP contribution in [0.2, 0.25) is 0 Å². The Morgan fingerprint density at radius 1 is 1.19 bits per heavy atom. The fourth-order valence-electron chi connectivity index (χ4n) is 2.96. The van der Waals surface area contributed by atoms with Crippen molar-refractivity contribution in [3.05, 3.63) is 58.3 Å². The van der Waals surface area contributed by atoms with Gasteiger partial charge in [0, 0.05) is 16.5 Å². The molecule has 1 aromatic carbocycles. The van der Waals surface area contributed by atoms with Gasteiger partial charge in [-0.15, -0.1) is 11.3 Å². The van der Waals surface area contributed by atoms with E-state index in [9.17, 15) is 13.2 Å². The van der Waals surface area contributed by atoms with Crippen LogP contribution in [0.5, 0.6) is 0 Å². The lowest BCUT2D eigenvalue weighted by Gasteiger charge is -2.06. The minimum atomic E-state index is -3.68. The summed E-state index contributed by atoms with van der Waals surface area (Å²) in [7, 11) is -3.68. The van der Waals surface area contributed by atoms with E-state index in [0.29, 0.717) is 22.8 Å². The highest BCUT2D eigenvalue weighted by atomic mass is 32.2. The maximum absolute atomic E-state index is 12.7. The van der Waals surface area contributed by atoms with Crippen molar-refractivity contribution in [1.29, 1.82) is 0 Å². The Labute approximate surface area is 185 Å². The molecule has 1 saturated carbocycles. The third-order valence-electron chi connectivity index (χ3n) is 4.97. The van der Waals surface area contributed by atoms with Gasteiger partial charge >= 0.3 is 0 Å². The van der Waals surface area contributed by atoms with Gasteiger partial charge < -0.3 is 9.84 Å². The van der Waals surface area contributed by atoms with E-state index >= 15 is 0 Å². The van der Waals surface area contributed by atoms with Gasteiger partial charge in [0.2, 0.25) is 5.91 Å². The van der Waals surface area contributed by atoms with Crippen molar-refractivity contribution in [2.24, 2.45) is 5.92 Å². The molecule has 2 N–H and O–H groups in total. The number of carbonyl (C=O) groups excluding carboxylic acids is 1. The number of carbonyl (C=O) groups is 1. The van der Waals surface area contributed by atoms with Crippen molar-refractivity contribution >= 4 is 50.8 Å². The fraction of sp³-hybridized carbons (Fsp3) is 0.273. The molecule has 0 radical (unpaired) electrons. The maximum Gasteiger partial charge on any atom is 0.271 e. The van der Waals surface area contributed by atoms with E-state index in [1.165, 1.54) is 0 Å². The van der Waals surface area contributed by atoms with Gasteiger partial charge in [-0.05, 0) is 68.2 Å². The van der Waals surface area contributed by atoms with E-state index in [2.05, 4.69) is 15.2 Å². The molecule has 4 rings (SSSR count). The number of rotatable bonds is 8. The zero-order valence-corrected chi connectivity index (χ0v) is 18.8. The summed E-state index contributed by atoms with van der Waals surface area (Å²) in [5.74, 6) is 0.476. The molecule has 0 unspecified atom stereocenters. The number of anilines is 2. The Kier molecular flexibility index (Phi) is 5.97. The number of sulfonamides is 1.